The first-order valence-electron chi connectivity index (χ1n) is 7.43. The van der Waals surface area contributed by atoms with Gasteiger partial charge in [0.2, 0.25) is 0 Å². The van der Waals surface area contributed by atoms with Crippen LogP contribution in [0.15, 0.2) is 0 Å². The molecule has 4 nitrogen and oxygen atoms in total. The van der Waals surface area contributed by atoms with E-state index in [-0.39, 0.29) is 12.0 Å². The Hall–Kier alpha value is -0.650. The fraction of sp³-hybridized carbons (Fsp3) is 0.800. The third-order valence-electron chi connectivity index (χ3n) is 4.06. The van der Waals surface area contributed by atoms with Gasteiger partial charge < -0.3 is 10.0 Å². The lowest BCUT2D eigenvalue weighted by Crippen LogP contribution is -2.51. The van der Waals surface area contributed by atoms with Crippen LogP contribution in [0.4, 0.5) is 5.13 Å². The van der Waals surface area contributed by atoms with Gasteiger partial charge in [-0.3, -0.25) is 4.90 Å². The standard InChI is InChI=1S/C15H27N3OS/c1-6-11-9-18(8-7-17(11)5)14-16-13(15(2,3)4)12(10-19)20-14/h11,19H,6-10H2,1-5H3. The van der Waals surface area contributed by atoms with Crippen molar-refractivity contribution in [2.24, 2.45) is 0 Å². The number of aliphatic hydroxyl groups excluding tert-OH is 1. The van der Waals surface area contributed by atoms with Crippen LogP contribution in [-0.4, -0.2) is 47.7 Å². The SMILES string of the molecule is CCC1CN(c2nc(C(C)(C)C)c(CO)s2)CCN1C. The minimum atomic E-state index is -0.0104. The fourth-order valence-corrected chi connectivity index (χ4v) is 3.89. The Morgan fingerprint density at radius 3 is 2.55 bits per heavy atom. The van der Waals surface area contributed by atoms with Gasteiger partial charge in [-0.05, 0) is 13.5 Å². The smallest absolute Gasteiger partial charge is 0.185 e. The summed E-state index contributed by atoms with van der Waals surface area (Å²) in [6, 6.07) is 0.600. The zero-order valence-corrected chi connectivity index (χ0v) is 14.1. The summed E-state index contributed by atoms with van der Waals surface area (Å²) in [5.74, 6) is 0. The first-order valence-corrected chi connectivity index (χ1v) is 8.24. The van der Waals surface area contributed by atoms with E-state index in [4.69, 9.17) is 4.98 Å². The molecule has 1 saturated heterocycles. The normalized spacial score (nSPS) is 21.5. The van der Waals surface area contributed by atoms with Crippen LogP contribution in [-0.2, 0) is 12.0 Å². The fourth-order valence-electron chi connectivity index (χ4n) is 2.73. The van der Waals surface area contributed by atoms with Gasteiger partial charge in [0.15, 0.2) is 5.13 Å². The van der Waals surface area contributed by atoms with Crippen molar-refractivity contribution in [3.63, 3.8) is 0 Å². The van der Waals surface area contributed by atoms with Crippen LogP contribution in [0.1, 0.15) is 44.7 Å². The van der Waals surface area contributed by atoms with E-state index in [1.165, 1.54) is 0 Å². The molecule has 0 aromatic carbocycles. The highest BCUT2D eigenvalue weighted by Gasteiger charge is 2.28. The van der Waals surface area contributed by atoms with Crippen molar-refractivity contribution >= 4 is 16.5 Å². The number of likely N-dealkylation sites (N-methyl/N-ethyl adjacent to an activating group) is 1. The Morgan fingerprint density at radius 1 is 1.35 bits per heavy atom. The van der Waals surface area contributed by atoms with Gasteiger partial charge in [-0.25, -0.2) is 4.98 Å². The molecule has 0 aliphatic carbocycles. The molecule has 0 saturated carbocycles. The molecular weight excluding hydrogens is 270 g/mol. The first kappa shape index (κ1) is 15.7. The van der Waals surface area contributed by atoms with Crippen LogP contribution in [0.3, 0.4) is 0 Å². The lowest BCUT2D eigenvalue weighted by molar-refractivity contribution is 0.213. The van der Waals surface area contributed by atoms with Gasteiger partial charge in [0.1, 0.15) is 0 Å². The molecule has 1 unspecified atom stereocenters. The molecule has 1 atom stereocenters. The van der Waals surface area contributed by atoms with Crippen LogP contribution >= 0.6 is 11.3 Å². The molecule has 0 radical (unpaired) electrons. The summed E-state index contributed by atoms with van der Waals surface area (Å²) in [5, 5.41) is 10.7. The second-order valence-electron chi connectivity index (χ2n) is 6.67. The van der Waals surface area contributed by atoms with Crippen molar-refractivity contribution in [2.45, 2.75) is 52.2 Å². The Bertz CT molecular complexity index is 452. The van der Waals surface area contributed by atoms with E-state index in [0.717, 1.165) is 41.8 Å². The molecule has 1 aromatic heterocycles. The van der Waals surface area contributed by atoms with E-state index in [9.17, 15) is 5.11 Å². The van der Waals surface area contributed by atoms with Crippen LogP contribution in [0.2, 0.25) is 0 Å². The van der Waals surface area contributed by atoms with Crippen molar-refractivity contribution in [1.82, 2.24) is 9.88 Å². The number of aromatic nitrogens is 1. The predicted octanol–water partition coefficient (Wildman–Crippen LogP) is 2.46. The molecule has 1 fully saturated rings. The average molecular weight is 297 g/mol. The van der Waals surface area contributed by atoms with Gasteiger partial charge in [0.05, 0.1) is 17.2 Å². The van der Waals surface area contributed by atoms with Gasteiger partial charge in [0, 0.05) is 31.1 Å². The molecule has 20 heavy (non-hydrogen) atoms. The summed E-state index contributed by atoms with van der Waals surface area (Å²) in [4.78, 5) is 10.7. The minimum Gasteiger partial charge on any atom is -0.391 e. The summed E-state index contributed by atoms with van der Waals surface area (Å²) in [6.07, 6.45) is 1.16. The summed E-state index contributed by atoms with van der Waals surface area (Å²) in [7, 11) is 2.20. The number of nitrogens with zero attached hydrogens (tertiary/aromatic N) is 3. The summed E-state index contributed by atoms with van der Waals surface area (Å²) in [6.45, 7) is 11.9. The molecule has 114 valence electrons. The van der Waals surface area contributed by atoms with Crippen LogP contribution in [0.5, 0.6) is 0 Å². The monoisotopic (exact) mass is 297 g/mol. The lowest BCUT2D eigenvalue weighted by Gasteiger charge is -2.39. The van der Waals surface area contributed by atoms with E-state index in [1.54, 1.807) is 11.3 Å². The minimum absolute atomic E-state index is 0.0104. The van der Waals surface area contributed by atoms with Crippen LogP contribution in [0, 0.1) is 0 Å². The van der Waals surface area contributed by atoms with E-state index >= 15 is 0 Å². The molecule has 0 bridgehead atoms. The molecule has 2 rings (SSSR count). The maximum absolute atomic E-state index is 9.58. The molecule has 0 amide bonds. The molecule has 1 N–H and O–H groups in total. The quantitative estimate of drug-likeness (QED) is 0.930. The number of rotatable bonds is 3. The Labute approximate surface area is 126 Å². The number of piperazine rings is 1. The lowest BCUT2D eigenvalue weighted by atomic mass is 9.91. The van der Waals surface area contributed by atoms with Gasteiger partial charge in [-0.15, -0.1) is 0 Å². The molecular formula is C15H27N3OS. The van der Waals surface area contributed by atoms with Crippen molar-refractivity contribution in [2.75, 3.05) is 31.6 Å². The third-order valence-corrected chi connectivity index (χ3v) is 5.16. The number of hydrogen-bond acceptors (Lipinski definition) is 5. The van der Waals surface area contributed by atoms with Crippen LogP contribution in [0.25, 0.3) is 0 Å². The van der Waals surface area contributed by atoms with Gasteiger partial charge in [0.25, 0.3) is 0 Å². The third kappa shape index (κ3) is 3.15. The largest absolute Gasteiger partial charge is 0.391 e. The van der Waals surface area contributed by atoms with E-state index in [1.807, 2.05) is 0 Å². The first-order chi connectivity index (χ1) is 9.36. The number of hydrogen-bond donors (Lipinski definition) is 1. The maximum atomic E-state index is 9.58. The highest BCUT2D eigenvalue weighted by Crippen LogP contribution is 2.34. The molecule has 5 heteroatoms. The van der Waals surface area contributed by atoms with Gasteiger partial charge in [-0.2, -0.15) is 0 Å². The van der Waals surface area contributed by atoms with Gasteiger partial charge in [-0.1, -0.05) is 39.0 Å². The molecule has 2 heterocycles. The number of anilines is 1. The predicted molar refractivity (Wildman–Crippen MR) is 85.7 cm³/mol. The molecule has 1 aromatic rings. The molecule has 1 aliphatic heterocycles. The Morgan fingerprint density at radius 2 is 2.05 bits per heavy atom. The van der Waals surface area contributed by atoms with Gasteiger partial charge >= 0.3 is 0 Å². The maximum Gasteiger partial charge on any atom is 0.185 e. The highest BCUT2D eigenvalue weighted by molar-refractivity contribution is 7.15. The Kier molecular flexibility index (Phi) is 4.72. The number of thiazole rings is 1. The highest BCUT2D eigenvalue weighted by atomic mass is 32.1. The second-order valence-corrected chi connectivity index (χ2v) is 7.73. The van der Waals surface area contributed by atoms with Crippen molar-refractivity contribution in [3.05, 3.63) is 10.6 Å². The topological polar surface area (TPSA) is 39.6 Å². The molecule has 1 aliphatic rings. The number of aliphatic hydroxyl groups is 1. The van der Waals surface area contributed by atoms with E-state index in [2.05, 4.69) is 44.5 Å². The Balaban J connectivity index is 2.23. The summed E-state index contributed by atoms with van der Waals surface area (Å²) in [5.41, 5.74) is 1.04. The second kappa shape index (κ2) is 6.00. The van der Waals surface area contributed by atoms with E-state index in [0.29, 0.717) is 6.04 Å². The van der Waals surface area contributed by atoms with Crippen molar-refractivity contribution in [3.8, 4) is 0 Å². The average Bonchev–Trinajstić information content (AvgIpc) is 2.83. The van der Waals surface area contributed by atoms with Crippen molar-refractivity contribution in [1.29, 1.82) is 0 Å². The summed E-state index contributed by atoms with van der Waals surface area (Å²) < 4.78 is 0. The molecule has 0 spiro atoms. The summed E-state index contributed by atoms with van der Waals surface area (Å²) >= 11 is 1.65. The van der Waals surface area contributed by atoms with E-state index < -0.39 is 0 Å². The van der Waals surface area contributed by atoms with Crippen molar-refractivity contribution < 1.29 is 5.11 Å². The zero-order valence-electron chi connectivity index (χ0n) is 13.3. The zero-order chi connectivity index (χ0) is 14.9. The van der Waals surface area contributed by atoms with Crippen LogP contribution < -0.4 is 4.90 Å².